The number of aliphatic carboxylic acids is 1. The second kappa shape index (κ2) is 4.95. The lowest BCUT2D eigenvalue weighted by Crippen LogP contribution is -1.95. The number of carboxylic acids is 1. The normalized spacial score (nSPS) is 10.9. The molecule has 0 amide bonds. The van der Waals surface area contributed by atoms with Crippen LogP contribution in [0.5, 0.6) is 0 Å². The number of hydrogen-bond donors (Lipinski definition) is 2. The Morgan fingerprint density at radius 1 is 1.47 bits per heavy atom. The number of carboxylic acid groups (broad SMARTS) is 1. The maximum Gasteiger partial charge on any atom is 0.303 e. The third-order valence-electron chi connectivity index (χ3n) is 2.58. The third kappa shape index (κ3) is 3.03. The van der Waals surface area contributed by atoms with Crippen molar-refractivity contribution in [3.63, 3.8) is 0 Å². The molecule has 90 valence electrons. The first-order valence-corrected chi connectivity index (χ1v) is 5.68. The highest BCUT2D eigenvalue weighted by Crippen LogP contribution is 2.12. The molecule has 2 aromatic heterocycles. The molecule has 2 N–H and O–H groups in total. The van der Waals surface area contributed by atoms with Crippen molar-refractivity contribution in [2.24, 2.45) is 0 Å². The van der Waals surface area contributed by atoms with Gasteiger partial charge in [-0.25, -0.2) is 9.97 Å². The van der Waals surface area contributed by atoms with Gasteiger partial charge in [0.05, 0.1) is 5.52 Å². The van der Waals surface area contributed by atoms with Crippen LogP contribution in [0.15, 0.2) is 12.3 Å². The number of aromatic amines is 1. The molecule has 5 heteroatoms. The van der Waals surface area contributed by atoms with E-state index in [1.807, 2.05) is 13.0 Å². The fourth-order valence-electron chi connectivity index (χ4n) is 1.74. The highest BCUT2D eigenvalue weighted by molar-refractivity contribution is 5.70. The zero-order valence-corrected chi connectivity index (χ0v) is 9.73. The average Bonchev–Trinajstić information content (AvgIpc) is 2.66. The zero-order valence-electron chi connectivity index (χ0n) is 9.73. The Balaban J connectivity index is 1.97. The van der Waals surface area contributed by atoms with Crippen molar-refractivity contribution in [3.8, 4) is 0 Å². The van der Waals surface area contributed by atoms with E-state index in [0.717, 1.165) is 35.4 Å². The van der Waals surface area contributed by atoms with E-state index in [1.165, 1.54) is 0 Å². The summed E-state index contributed by atoms with van der Waals surface area (Å²) in [5, 5.41) is 8.52. The lowest BCUT2D eigenvalue weighted by Gasteiger charge is -1.94. The monoisotopic (exact) mass is 233 g/mol. The van der Waals surface area contributed by atoms with Gasteiger partial charge >= 0.3 is 5.97 Å². The zero-order chi connectivity index (χ0) is 12.3. The molecule has 2 heterocycles. The van der Waals surface area contributed by atoms with Gasteiger partial charge in [0.25, 0.3) is 0 Å². The van der Waals surface area contributed by atoms with Crippen LogP contribution < -0.4 is 0 Å². The number of rotatable bonds is 5. The number of fused-ring (bicyclic) bond motifs is 1. The Morgan fingerprint density at radius 2 is 2.29 bits per heavy atom. The minimum Gasteiger partial charge on any atom is -0.481 e. The molecule has 2 rings (SSSR count). The predicted octanol–water partition coefficient (Wildman–Crippen LogP) is 2.06. The van der Waals surface area contributed by atoms with E-state index in [2.05, 4.69) is 15.0 Å². The lowest BCUT2D eigenvalue weighted by molar-refractivity contribution is -0.137. The Hall–Kier alpha value is -1.91. The molecule has 0 radical (unpaired) electrons. The van der Waals surface area contributed by atoms with Gasteiger partial charge in [-0.3, -0.25) is 4.79 Å². The number of H-pyrrole nitrogens is 1. The third-order valence-corrected chi connectivity index (χ3v) is 2.58. The van der Waals surface area contributed by atoms with Crippen molar-refractivity contribution in [2.45, 2.75) is 32.6 Å². The number of nitrogens with one attached hydrogen (secondary N) is 1. The molecule has 0 atom stereocenters. The van der Waals surface area contributed by atoms with Crippen molar-refractivity contribution in [1.82, 2.24) is 15.0 Å². The summed E-state index contributed by atoms with van der Waals surface area (Å²) in [7, 11) is 0. The van der Waals surface area contributed by atoms with Crippen molar-refractivity contribution in [1.29, 1.82) is 0 Å². The molecule has 0 fully saturated rings. The van der Waals surface area contributed by atoms with Crippen molar-refractivity contribution in [2.75, 3.05) is 0 Å². The predicted molar refractivity (Wildman–Crippen MR) is 63.8 cm³/mol. The second-order valence-electron chi connectivity index (χ2n) is 4.17. The van der Waals surface area contributed by atoms with Crippen LogP contribution in [0.2, 0.25) is 0 Å². The van der Waals surface area contributed by atoms with Gasteiger partial charge in [-0.15, -0.1) is 0 Å². The van der Waals surface area contributed by atoms with Gasteiger partial charge in [0.2, 0.25) is 0 Å². The standard InChI is InChI=1S/C12H15N3O2/c1-8-6-9-12(13-7-8)15-10(14-9)4-2-3-5-11(16)17/h6-7H,2-5H2,1H3,(H,16,17)(H,13,14,15). The van der Waals surface area contributed by atoms with Crippen molar-refractivity contribution >= 4 is 17.1 Å². The molecule has 0 unspecified atom stereocenters. The van der Waals surface area contributed by atoms with Crippen LogP contribution in [0.3, 0.4) is 0 Å². The molecule has 2 aromatic rings. The molecule has 0 aliphatic rings. The SMILES string of the molecule is Cc1cnc2nc(CCCCC(=O)O)[nH]c2c1. The van der Waals surface area contributed by atoms with Crippen LogP contribution in [0.4, 0.5) is 0 Å². The van der Waals surface area contributed by atoms with Crippen LogP contribution in [-0.2, 0) is 11.2 Å². The van der Waals surface area contributed by atoms with Crippen molar-refractivity contribution < 1.29 is 9.90 Å². The van der Waals surface area contributed by atoms with E-state index in [-0.39, 0.29) is 6.42 Å². The first-order chi connectivity index (χ1) is 8.15. The average molecular weight is 233 g/mol. The van der Waals surface area contributed by atoms with E-state index in [0.29, 0.717) is 6.42 Å². The summed E-state index contributed by atoms with van der Waals surface area (Å²) in [4.78, 5) is 22.1. The van der Waals surface area contributed by atoms with Crippen LogP contribution in [0, 0.1) is 6.92 Å². The number of carbonyl (C=O) groups is 1. The van der Waals surface area contributed by atoms with Crippen LogP contribution in [0.25, 0.3) is 11.2 Å². The molecule has 0 bridgehead atoms. The summed E-state index contributed by atoms with van der Waals surface area (Å²) in [5.41, 5.74) is 2.76. The largest absolute Gasteiger partial charge is 0.481 e. The molecular weight excluding hydrogens is 218 g/mol. The first kappa shape index (κ1) is 11.6. The minimum atomic E-state index is -0.744. The smallest absolute Gasteiger partial charge is 0.303 e. The fraction of sp³-hybridized carbons (Fsp3) is 0.417. The lowest BCUT2D eigenvalue weighted by atomic mass is 10.2. The summed E-state index contributed by atoms with van der Waals surface area (Å²) in [6.45, 7) is 1.99. The van der Waals surface area contributed by atoms with Crippen LogP contribution in [-0.4, -0.2) is 26.0 Å². The highest BCUT2D eigenvalue weighted by atomic mass is 16.4. The molecular formula is C12H15N3O2. The highest BCUT2D eigenvalue weighted by Gasteiger charge is 2.04. The number of unbranched alkanes of at least 4 members (excludes halogenated alkanes) is 1. The Morgan fingerprint density at radius 3 is 3.06 bits per heavy atom. The number of nitrogens with zero attached hydrogens (tertiary/aromatic N) is 2. The van der Waals surface area contributed by atoms with Gasteiger partial charge in [0.15, 0.2) is 5.65 Å². The van der Waals surface area contributed by atoms with Gasteiger partial charge < -0.3 is 10.1 Å². The fourth-order valence-corrected chi connectivity index (χ4v) is 1.74. The van der Waals surface area contributed by atoms with Gasteiger partial charge in [-0.05, 0) is 31.4 Å². The van der Waals surface area contributed by atoms with E-state index >= 15 is 0 Å². The maximum atomic E-state index is 10.4. The molecule has 5 nitrogen and oxygen atoms in total. The summed E-state index contributed by atoms with van der Waals surface area (Å²) < 4.78 is 0. The topological polar surface area (TPSA) is 78.9 Å². The molecule has 0 spiro atoms. The maximum absolute atomic E-state index is 10.4. The Kier molecular flexibility index (Phi) is 3.37. The van der Waals surface area contributed by atoms with Crippen LogP contribution in [0.1, 0.15) is 30.7 Å². The number of aromatic nitrogens is 3. The molecule has 17 heavy (non-hydrogen) atoms. The minimum absolute atomic E-state index is 0.220. The number of aryl methyl sites for hydroxylation is 2. The molecule has 0 saturated carbocycles. The van der Waals surface area contributed by atoms with Gasteiger partial charge in [0.1, 0.15) is 5.82 Å². The van der Waals surface area contributed by atoms with Crippen LogP contribution >= 0.6 is 0 Å². The molecule has 0 aromatic carbocycles. The van der Waals surface area contributed by atoms with E-state index in [1.54, 1.807) is 6.20 Å². The van der Waals surface area contributed by atoms with E-state index < -0.39 is 5.97 Å². The number of hydrogen-bond acceptors (Lipinski definition) is 3. The van der Waals surface area contributed by atoms with Crippen molar-refractivity contribution in [3.05, 3.63) is 23.7 Å². The quantitative estimate of drug-likeness (QED) is 0.775. The van der Waals surface area contributed by atoms with Gasteiger partial charge in [-0.1, -0.05) is 0 Å². The Labute approximate surface area is 98.9 Å². The van der Waals surface area contributed by atoms with E-state index in [4.69, 9.17) is 5.11 Å². The van der Waals surface area contributed by atoms with Gasteiger partial charge in [0, 0.05) is 19.0 Å². The second-order valence-corrected chi connectivity index (χ2v) is 4.17. The summed E-state index contributed by atoms with van der Waals surface area (Å²) >= 11 is 0. The summed E-state index contributed by atoms with van der Waals surface area (Å²) in [5.74, 6) is 0.135. The number of pyridine rings is 1. The number of imidazole rings is 1. The van der Waals surface area contributed by atoms with E-state index in [9.17, 15) is 4.79 Å². The first-order valence-electron chi connectivity index (χ1n) is 5.68. The summed E-state index contributed by atoms with van der Waals surface area (Å²) in [6.07, 6.45) is 4.28. The summed E-state index contributed by atoms with van der Waals surface area (Å²) in [6, 6.07) is 2.01. The molecule has 0 saturated heterocycles. The molecule has 0 aliphatic heterocycles. The van der Waals surface area contributed by atoms with Gasteiger partial charge in [-0.2, -0.15) is 0 Å². The molecule has 0 aliphatic carbocycles. The Bertz CT molecular complexity index is 534.